The third-order valence-corrected chi connectivity index (χ3v) is 9.17. The van der Waals surface area contributed by atoms with Gasteiger partial charge in [0.05, 0.1) is 17.6 Å². The molecule has 5 aliphatic carbocycles. The van der Waals surface area contributed by atoms with Crippen LogP contribution in [0.3, 0.4) is 0 Å². The molecule has 5 heteroatoms. The molecule has 0 unspecified atom stereocenters. The molecule has 0 spiro atoms. The van der Waals surface area contributed by atoms with E-state index in [0.717, 1.165) is 41.1 Å². The molecule has 34 heavy (non-hydrogen) atoms. The molecule has 0 aliphatic heterocycles. The standard InChI is InChI=1S/C29H37N3O2/c33-24-8-6-23(7-9-24)26-18-30-28(32-27(34)13-19-4-2-1-3-5-19)25(31-26)17-29-14-20-10-21(15-29)12-22(11-20)16-29/h6-9,18-22,33H,1-5,10-17H2,(H,30,32,34). The summed E-state index contributed by atoms with van der Waals surface area (Å²) < 4.78 is 0. The van der Waals surface area contributed by atoms with Gasteiger partial charge < -0.3 is 10.4 Å². The van der Waals surface area contributed by atoms with E-state index in [1.54, 1.807) is 18.3 Å². The van der Waals surface area contributed by atoms with Gasteiger partial charge in [0.2, 0.25) is 5.91 Å². The first-order chi connectivity index (χ1) is 16.5. The zero-order valence-corrected chi connectivity index (χ0v) is 20.1. The Morgan fingerprint density at radius 3 is 2.26 bits per heavy atom. The van der Waals surface area contributed by atoms with Crippen molar-refractivity contribution in [3.8, 4) is 17.0 Å². The Labute approximate surface area is 202 Å². The topological polar surface area (TPSA) is 75.1 Å². The molecule has 5 fully saturated rings. The van der Waals surface area contributed by atoms with Crippen LogP contribution >= 0.6 is 0 Å². The number of benzene rings is 1. The molecule has 7 rings (SSSR count). The lowest BCUT2D eigenvalue weighted by molar-refractivity contribution is -0.117. The van der Waals surface area contributed by atoms with E-state index in [0.29, 0.717) is 23.6 Å². The SMILES string of the molecule is O=C(CC1CCCCC1)Nc1ncc(-c2ccc(O)cc2)nc1CC12CC3CC(CC(C3)C1)C2. The van der Waals surface area contributed by atoms with E-state index >= 15 is 0 Å². The second-order valence-corrected chi connectivity index (χ2v) is 11.9. The van der Waals surface area contributed by atoms with Crippen molar-refractivity contribution in [3.63, 3.8) is 0 Å². The Morgan fingerprint density at radius 2 is 1.62 bits per heavy atom. The summed E-state index contributed by atoms with van der Waals surface area (Å²) in [7, 11) is 0. The summed E-state index contributed by atoms with van der Waals surface area (Å²) in [5.41, 5.74) is 3.02. The summed E-state index contributed by atoms with van der Waals surface area (Å²) in [6, 6.07) is 7.15. The van der Waals surface area contributed by atoms with Crippen molar-refractivity contribution in [2.75, 3.05) is 5.32 Å². The summed E-state index contributed by atoms with van der Waals surface area (Å²) in [6.45, 7) is 0. The van der Waals surface area contributed by atoms with Gasteiger partial charge in [-0.2, -0.15) is 0 Å². The molecular weight excluding hydrogens is 422 g/mol. The second kappa shape index (κ2) is 8.98. The number of amides is 1. The lowest BCUT2D eigenvalue weighted by Crippen LogP contribution is -2.47. The number of hydrogen-bond acceptors (Lipinski definition) is 4. The molecule has 5 aliphatic rings. The van der Waals surface area contributed by atoms with Gasteiger partial charge in [-0.15, -0.1) is 0 Å². The molecule has 1 aromatic carbocycles. The van der Waals surface area contributed by atoms with Gasteiger partial charge in [-0.25, -0.2) is 9.97 Å². The van der Waals surface area contributed by atoms with Crippen LogP contribution in [0.2, 0.25) is 0 Å². The maximum Gasteiger partial charge on any atom is 0.225 e. The smallest absolute Gasteiger partial charge is 0.225 e. The summed E-state index contributed by atoms with van der Waals surface area (Å²) >= 11 is 0. The van der Waals surface area contributed by atoms with E-state index in [9.17, 15) is 9.90 Å². The fourth-order valence-corrected chi connectivity index (χ4v) is 8.12. The van der Waals surface area contributed by atoms with Crippen molar-refractivity contribution >= 4 is 11.7 Å². The normalized spacial score (nSPS) is 30.4. The van der Waals surface area contributed by atoms with Crippen molar-refractivity contribution in [1.82, 2.24) is 9.97 Å². The van der Waals surface area contributed by atoms with E-state index < -0.39 is 0 Å². The van der Waals surface area contributed by atoms with Crippen molar-refractivity contribution in [2.45, 2.75) is 83.5 Å². The molecule has 1 aromatic heterocycles. The predicted octanol–water partition coefficient (Wildman–Crippen LogP) is 6.52. The average molecular weight is 460 g/mol. The van der Waals surface area contributed by atoms with Gasteiger partial charge in [0.15, 0.2) is 5.82 Å². The van der Waals surface area contributed by atoms with Gasteiger partial charge in [-0.05, 0) is 111 Å². The number of carbonyl (C=O) groups excluding carboxylic acids is 1. The molecule has 0 atom stereocenters. The Kier molecular flexibility index (Phi) is 5.82. The van der Waals surface area contributed by atoms with Crippen molar-refractivity contribution < 1.29 is 9.90 Å². The number of carbonyl (C=O) groups is 1. The molecule has 2 N–H and O–H groups in total. The van der Waals surface area contributed by atoms with Gasteiger partial charge in [0.25, 0.3) is 0 Å². The van der Waals surface area contributed by atoms with Gasteiger partial charge >= 0.3 is 0 Å². The van der Waals surface area contributed by atoms with Crippen molar-refractivity contribution in [2.24, 2.45) is 29.1 Å². The molecule has 2 aromatic rings. The number of aromatic hydroxyl groups is 1. The largest absolute Gasteiger partial charge is 0.508 e. The van der Waals surface area contributed by atoms with E-state index in [1.807, 2.05) is 12.1 Å². The first-order valence-electron chi connectivity index (χ1n) is 13.5. The highest BCUT2D eigenvalue weighted by Gasteiger charge is 2.51. The number of phenols is 1. The number of aromatic nitrogens is 2. The average Bonchev–Trinajstić information content (AvgIpc) is 2.80. The van der Waals surface area contributed by atoms with Crippen LogP contribution in [0.15, 0.2) is 30.5 Å². The molecule has 4 bridgehead atoms. The molecule has 0 radical (unpaired) electrons. The zero-order chi connectivity index (χ0) is 23.1. The van der Waals surface area contributed by atoms with Crippen LogP contribution in [-0.2, 0) is 11.2 Å². The quantitative estimate of drug-likeness (QED) is 0.516. The number of phenolic OH excluding ortho intramolecular Hbond substituents is 1. The minimum atomic E-state index is 0.0883. The van der Waals surface area contributed by atoms with Crippen LogP contribution in [0.4, 0.5) is 5.82 Å². The third-order valence-electron chi connectivity index (χ3n) is 9.17. The second-order valence-electron chi connectivity index (χ2n) is 11.9. The molecule has 180 valence electrons. The highest BCUT2D eigenvalue weighted by atomic mass is 16.3. The maximum atomic E-state index is 13.0. The Balaban J connectivity index is 1.27. The number of nitrogens with zero attached hydrogens (tertiary/aromatic N) is 2. The van der Waals surface area contributed by atoms with Crippen LogP contribution in [0.25, 0.3) is 11.3 Å². The van der Waals surface area contributed by atoms with Crippen molar-refractivity contribution in [3.05, 3.63) is 36.2 Å². The lowest BCUT2D eigenvalue weighted by atomic mass is 9.48. The monoisotopic (exact) mass is 459 g/mol. The van der Waals surface area contributed by atoms with Crippen LogP contribution in [0.5, 0.6) is 5.75 Å². The summed E-state index contributed by atoms with van der Waals surface area (Å²) in [4.78, 5) is 22.8. The number of hydrogen-bond donors (Lipinski definition) is 2. The van der Waals surface area contributed by atoms with E-state index in [2.05, 4.69) is 5.32 Å². The molecule has 0 saturated heterocycles. The van der Waals surface area contributed by atoms with Gasteiger partial charge in [-0.3, -0.25) is 4.79 Å². The number of nitrogens with one attached hydrogen (secondary N) is 1. The highest BCUT2D eigenvalue weighted by molar-refractivity contribution is 5.90. The highest BCUT2D eigenvalue weighted by Crippen LogP contribution is 2.61. The van der Waals surface area contributed by atoms with Gasteiger partial charge in [0.1, 0.15) is 5.75 Å². The van der Waals surface area contributed by atoms with E-state index in [4.69, 9.17) is 9.97 Å². The first kappa shape index (κ1) is 22.1. The third kappa shape index (κ3) is 4.58. The number of anilines is 1. The van der Waals surface area contributed by atoms with Crippen LogP contribution < -0.4 is 5.32 Å². The Hall–Kier alpha value is -2.43. The molecule has 5 saturated carbocycles. The molecule has 5 nitrogen and oxygen atoms in total. The van der Waals surface area contributed by atoms with Crippen molar-refractivity contribution in [1.29, 1.82) is 0 Å². The van der Waals surface area contributed by atoms with Gasteiger partial charge in [0, 0.05) is 12.0 Å². The summed E-state index contributed by atoms with van der Waals surface area (Å²) in [6.07, 6.45) is 17.6. The predicted molar refractivity (Wildman–Crippen MR) is 133 cm³/mol. The number of rotatable bonds is 6. The first-order valence-corrected chi connectivity index (χ1v) is 13.5. The van der Waals surface area contributed by atoms with Crippen LogP contribution in [-0.4, -0.2) is 21.0 Å². The van der Waals surface area contributed by atoms with E-state index in [1.165, 1.54) is 70.6 Å². The molecule has 1 heterocycles. The zero-order valence-electron chi connectivity index (χ0n) is 20.1. The summed E-state index contributed by atoms with van der Waals surface area (Å²) in [5.74, 6) is 4.14. The lowest BCUT2D eigenvalue weighted by Gasteiger charge is -2.57. The van der Waals surface area contributed by atoms with E-state index in [-0.39, 0.29) is 11.7 Å². The minimum Gasteiger partial charge on any atom is -0.508 e. The molecular formula is C29H37N3O2. The molecule has 1 amide bonds. The fraction of sp³-hybridized carbons (Fsp3) is 0.621. The van der Waals surface area contributed by atoms with Gasteiger partial charge in [-0.1, -0.05) is 19.3 Å². The fourth-order valence-electron chi connectivity index (χ4n) is 8.12. The van der Waals surface area contributed by atoms with Crippen LogP contribution in [0, 0.1) is 29.1 Å². The van der Waals surface area contributed by atoms with Crippen LogP contribution in [0.1, 0.15) is 82.7 Å². The Morgan fingerprint density at radius 1 is 0.971 bits per heavy atom. The minimum absolute atomic E-state index is 0.0883. The maximum absolute atomic E-state index is 13.0. The summed E-state index contributed by atoms with van der Waals surface area (Å²) in [5, 5.41) is 12.9. The Bertz CT molecular complexity index is 1010.